The first kappa shape index (κ1) is 15.5. The maximum atomic E-state index is 11.5. The molecule has 20 heavy (non-hydrogen) atoms. The summed E-state index contributed by atoms with van der Waals surface area (Å²) < 4.78 is 5.72. The van der Waals surface area contributed by atoms with Crippen LogP contribution in [0.2, 0.25) is 0 Å². The highest BCUT2D eigenvalue weighted by Crippen LogP contribution is 2.31. The number of esters is 1. The fourth-order valence-electron chi connectivity index (χ4n) is 2.23. The first-order chi connectivity index (χ1) is 9.51. The second-order valence-corrected chi connectivity index (χ2v) is 6.62. The number of halogens is 1. The number of benzene rings is 1. The molecule has 3 nitrogen and oxygen atoms in total. The summed E-state index contributed by atoms with van der Waals surface area (Å²) in [6.07, 6.45) is 2.73. The van der Waals surface area contributed by atoms with E-state index in [9.17, 15) is 4.79 Å². The first-order valence-electron chi connectivity index (χ1n) is 7.12. The number of nitrogens with zero attached hydrogens (tertiary/aromatic N) is 1. The van der Waals surface area contributed by atoms with Gasteiger partial charge in [-0.25, -0.2) is 4.79 Å². The summed E-state index contributed by atoms with van der Waals surface area (Å²) in [5.41, 5.74) is 1.80. The maximum absolute atomic E-state index is 11.5. The van der Waals surface area contributed by atoms with Crippen molar-refractivity contribution in [1.29, 1.82) is 0 Å². The minimum absolute atomic E-state index is 0.295. The molecule has 0 bridgehead atoms. The van der Waals surface area contributed by atoms with E-state index in [1.54, 1.807) is 0 Å². The zero-order valence-electron chi connectivity index (χ0n) is 12.4. The number of rotatable bonds is 6. The van der Waals surface area contributed by atoms with E-state index in [4.69, 9.17) is 4.74 Å². The van der Waals surface area contributed by atoms with E-state index in [2.05, 4.69) is 34.7 Å². The van der Waals surface area contributed by atoms with Crippen LogP contribution in [0, 0.1) is 5.92 Å². The highest BCUT2D eigenvalue weighted by molar-refractivity contribution is 9.10. The topological polar surface area (TPSA) is 29.5 Å². The molecule has 0 aliphatic heterocycles. The fraction of sp³-hybridized carbons (Fsp3) is 0.562. The van der Waals surface area contributed by atoms with Crippen LogP contribution in [-0.2, 0) is 11.3 Å². The minimum Gasteiger partial charge on any atom is -0.465 e. The van der Waals surface area contributed by atoms with Crippen LogP contribution in [0.5, 0.6) is 0 Å². The third-order valence-corrected chi connectivity index (χ3v) is 4.51. The number of hydrogen-bond acceptors (Lipinski definition) is 3. The van der Waals surface area contributed by atoms with E-state index in [-0.39, 0.29) is 5.97 Å². The van der Waals surface area contributed by atoms with Crippen LogP contribution in [0.1, 0.15) is 42.6 Å². The van der Waals surface area contributed by atoms with E-state index >= 15 is 0 Å². The number of hydrogen-bond donors (Lipinski definition) is 0. The Bertz CT molecular complexity index is 483. The maximum Gasteiger partial charge on any atom is 0.337 e. The van der Waals surface area contributed by atoms with Crippen molar-refractivity contribution in [3.05, 3.63) is 33.8 Å². The van der Waals surface area contributed by atoms with Crippen molar-refractivity contribution in [3.63, 3.8) is 0 Å². The highest BCUT2D eigenvalue weighted by Gasteiger charge is 2.25. The van der Waals surface area contributed by atoms with Gasteiger partial charge in [-0.15, -0.1) is 0 Å². The summed E-state index contributed by atoms with van der Waals surface area (Å²) in [5.74, 6) is 0.585. The van der Waals surface area contributed by atoms with Gasteiger partial charge >= 0.3 is 5.97 Å². The largest absolute Gasteiger partial charge is 0.465 e. The predicted molar refractivity (Wildman–Crippen MR) is 83.8 cm³/mol. The van der Waals surface area contributed by atoms with Crippen molar-refractivity contribution in [2.24, 2.45) is 5.92 Å². The zero-order chi connectivity index (χ0) is 14.7. The van der Waals surface area contributed by atoms with Crippen LogP contribution in [0.25, 0.3) is 0 Å². The average Bonchev–Trinajstić information content (AvgIpc) is 3.22. The molecule has 110 valence electrons. The molecule has 0 atom stereocenters. The molecular formula is C16H22BrNO2. The molecule has 1 aromatic rings. The van der Waals surface area contributed by atoms with Crippen molar-refractivity contribution in [2.45, 2.75) is 39.3 Å². The lowest BCUT2D eigenvalue weighted by atomic mass is 10.1. The standard InChI is InChI=1S/C16H22BrNO2/c1-11(2)18(9-12-4-5-12)10-14-7-6-13(8-15(14)17)16(19)20-3/h6-8,11-12H,4-5,9-10H2,1-3H3. The molecule has 1 aliphatic rings. The molecule has 0 spiro atoms. The smallest absolute Gasteiger partial charge is 0.337 e. The molecule has 0 amide bonds. The Hall–Kier alpha value is -0.870. The molecule has 4 heteroatoms. The summed E-state index contributed by atoms with van der Waals surface area (Å²) >= 11 is 3.57. The van der Waals surface area contributed by atoms with E-state index in [0.29, 0.717) is 11.6 Å². The molecule has 0 unspecified atom stereocenters. The number of carbonyl (C=O) groups is 1. The van der Waals surface area contributed by atoms with Crippen LogP contribution in [0.3, 0.4) is 0 Å². The second kappa shape index (κ2) is 6.72. The number of carbonyl (C=O) groups excluding carboxylic acids is 1. The second-order valence-electron chi connectivity index (χ2n) is 5.76. The van der Waals surface area contributed by atoms with Crippen molar-refractivity contribution < 1.29 is 9.53 Å². The quantitative estimate of drug-likeness (QED) is 0.737. The van der Waals surface area contributed by atoms with Crippen molar-refractivity contribution >= 4 is 21.9 Å². The van der Waals surface area contributed by atoms with Gasteiger partial charge in [0, 0.05) is 23.6 Å². The third-order valence-electron chi connectivity index (χ3n) is 3.77. The Balaban J connectivity index is 2.09. The number of ether oxygens (including phenoxy) is 1. The van der Waals surface area contributed by atoms with E-state index in [1.165, 1.54) is 32.1 Å². The van der Waals surface area contributed by atoms with Crippen LogP contribution < -0.4 is 0 Å². The molecule has 1 aromatic carbocycles. The molecule has 0 heterocycles. The lowest BCUT2D eigenvalue weighted by Gasteiger charge is -2.27. The van der Waals surface area contributed by atoms with Crippen LogP contribution in [0.15, 0.2) is 22.7 Å². The van der Waals surface area contributed by atoms with E-state index in [0.717, 1.165) is 16.9 Å². The minimum atomic E-state index is -0.295. The van der Waals surface area contributed by atoms with Crippen LogP contribution in [-0.4, -0.2) is 30.6 Å². The fourth-order valence-corrected chi connectivity index (χ4v) is 2.73. The summed E-state index contributed by atoms with van der Waals surface area (Å²) in [6.45, 7) is 6.55. The molecule has 0 saturated heterocycles. The van der Waals surface area contributed by atoms with Gasteiger partial charge < -0.3 is 4.74 Å². The lowest BCUT2D eigenvalue weighted by molar-refractivity contribution is 0.0600. The SMILES string of the molecule is COC(=O)c1ccc(CN(CC2CC2)C(C)C)c(Br)c1. The van der Waals surface area contributed by atoms with Crippen LogP contribution in [0.4, 0.5) is 0 Å². The van der Waals surface area contributed by atoms with Gasteiger partial charge in [0.2, 0.25) is 0 Å². The van der Waals surface area contributed by atoms with Gasteiger partial charge in [0.1, 0.15) is 0 Å². The van der Waals surface area contributed by atoms with Gasteiger partial charge in [-0.05, 0) is 50.3 Å². The van der Waals surface area contributed by atoms with Crippen molar-refractivity contribution in [1.82, 2.24) is 4.90 Å². The van der Waals surface area contributed by atoms with Gasteiger partial charge in [0.05, 0.1) is 12.7 Å². The number of methoxy groups -OCH3 is 1. The van der Waals surface area contributed by atoms with Gasteiger partial charge in [-0.2, -0.15) is 0 Å². The van der Waals surface area contributed by atoms with E-state index < -0.39 is 0 Å². The van der Waals surface area contributed by atoms with Gasteiger partial charge in [0.25, 0.3) is 0 Å². The van der Waals surface area contributed by atoms with Gasteiger partial charge in [-0.1, -0.05) is 22.0 Å². The van der Waals surface area contributed by atoms with Gasteiger partial charge in [0.15, 0.2) is 0 Å². The molecular weight excluding hydrogens is 318 g/mol. The Kier molecular flexibility index (Phi) is 5.22. The Morgan fingerprint density at radius 1 is 1.45 bits per heavy atom. The Morgan fingerprint density at radius 2 is 2.15 bits per heavy atom. The lowest BCUT2D eigenvalue weighted by Crippen LogP contribution is -2.32. The molecule has 1 saturated carbocycles. The van der Waals surface area contributed by atoms with Gasteiger partial charge in [-0.3, -0.25) is 4.90 Å². The predicted octanol–water partition coefficient (Wildman–Crippen LogP) is 3.86. The summed E-state index contributed by atoms with van der Waals surface area (Å²) in [4.78, 5) is 14.0. The summed E-state index contributed by atoms with van der Waals surface area (Å²) in [6, 6.07) is 6.22. The molecule has 1 fully saturated rings. The third kappa shape index (κ3) is 4.06. The first-order valence-corrected chi connectivity index (χ1v) is 7.91. The normalized spacial score (nSPS) is 14.9. The summed E-state index contributed by atoms with van der Waals surface area (Å²) in [5, 5.41) is 0. The van der Waals surface area contributed by atoms with Crippen molar-refractivity contribution in [3.8, 4) is 0 Å². The monoisotopic (exact) mass is 339 g/mol. The average molecular weight is 340 g/mol. The Morgan fingerprint density at radius 3 is 2.65 bits per heavy atom. The molecule has 0 radical (unpaired) electrons. The van der Waals surface area contributed by atoms with E-state index in [1.807, 2.05) is 18.2 Å². The molecule has 0 aromatic heterocycles. The highest BCUT2D eigenvalue weighted by atomic mass is 79.9. The Labute approximate surface area is 129 Å². The van der Waals surface area contributed by atoms with Crippen molar-refractivity contribution in [2.75, 3.05) is 13.7 Å². The van der Waals surface area contributed by atoms with Crippen LogP contribution >= 0.6 is 15.9 Å². The molecule has 1 aliphatic carbocycles. The summed E-state index contributed by atoms with van der Waals surface area (Å²) in [7, 11) is 1.40. The zero-order valence-corrected chi connectivity index (χ0v) is 13.9. The molecule has 0 N–H and O–H groups in total. The molecule has 2 rings (SSSR count).